The summed E-state index contributed by atoms with van der Waals surface area (Å²) in [5.41, 5.74) is 0.734. The number of rotatable bonds is 3. The van der Waals surface area contributed by atoms with Gasteiger partial charge in [-0.25, -0.2) is 0 Å². The first kappa shape index (κ1) is 14.2. The van der Waals surface area contributed by atoms with Crippen molar-refractivity contribution in [2.24, 2.45) is 29.1 Å². The van der Waals surface area contributed by atoms with Gasteiger partial charge in [0.25, 0.3) is 0 Å². The third kappa shape index (κ3) is 1.94. The van der Waals surface area contributed by atoms with Gasteiger partial charge in [-0.2, -0.15) is 0 Å². The number of allylic oxidation sites excluding steroid dienone is 2. The number of aliphatic carboxylic acids is 1. The van der Waals surface area contributed by atoms with Crippen LogP contribution in [0.4, 0.5) is 5.69 Å². The van der Waals surface area contributed by atoms with Gasteiger partial charge in [0, 0.05) is 21.1 Å². The van der Waals surface area contributed by atoms with Crippen LogP contribution in [0.1, 0.15) is 12.8 Å². The number of halogens is 1. The highest BCUT2D eigenvalue weighted by atomic mass is 127. The van der Waals surface area contributed by atoms with Crippen LogP contribution in [0.2, 0.25) is 0 Å². The van der Waals surface area contributed by atoms with Crippen LogP contribution in [-0.2, 0) is 9.59 Å². The average Bonchev–Trinajstić information content (AvgIpc) is 3.15. The number of hydrogen-bond acceptors (Lipinski definition) is 3. The molecule has 1 aromatic rings. The fourth-order valence-electron chi connectivity index (χ4n) is 4.44. The van der Waals surface area contributed by atoms with Gasteiger partial charge in [0.2, 0.25) is 5.91 Å². The first-order chi connectivity index (χ1) is 10.5. The molecule has 1 spiro atoms. The predicted molar refractivity (Wildman–Crippen MR) is 87.6 cm³/mol. The number of anilines is 1. The van der Waals surface area contributed by atoms with Crippen LogP contribution in [0, 0.1) is 32.7 Å². The maximum atomic E-state index is 12.7. The van der Waals surface area contributed by atoms with Gasteiger partial charge in [-0.05, 0) is 76.9 Å². The summed E-state index contributed by atoms with van der Waals surface area (Å²) < 4.78 is 1.09. The lowest BCUT2D eigenvalue weighted by molar-refractivity contribution is -0.313. The van der Waals surface area contributed by atoms with Crippen molar-refractivity contribution in [1.29, 1.82) is 0 Å². The molecule has 2 fully saturated rings. The van der Waals surface area contributed by atoms with Crippen molar-refractivity contribution in [2.45, 2.75) is 12.8 Å². The number of carboxylic acid groups (broad SMARTS) is 1. The molecular formula is C17H15INO3-. The van der Waals surface area contributed by atoms with E-state index >= 15 is 0 Å². The number of carbonyl (C=O) groups is 2. The van der Waals surface area contributed by atoms with Gasteiger partial charge in [-0.1, -0.05) is 12.2 Å². The maximum Gasteiger partial charge on any atom is 0.228 e. The van der Waals surface area contributed by atoms with Gasteiger partial charge >= 0.3 is 0 Å². The number of hydrogen-bond donors (Lipinski definition) is 1. The molecular weight excluding hydrogens is 393 g/mol. The lowest BCUT2D eigenvalue weighted by Crippen LogP contribution is -2.42. The minimum absolute atomic E-state index is 0.0266. The van der Waals surface area contributed by atoms with Crippen molar-refractivity contribution in [1.82, 2.24) is 0 Å². The molecule has 0 unspecified atom stereocenters. The second-order valence-corrected chi connectivity index (χ2v) is 7.78. The summed E-state index contributed by atoms with van der Waals surface area (Å²) in [5, 5.41) is 14.5. The Labute approximate surface area is 142 Å². The molecule has 5 heteroatoms. The SMILES string of the molecule is O=C([O-])[C@@H]1[C@H](C(=O)Nc2ccc(I)cc2)[C@H]2C=C[C@@H]1C21CC1. The van der Waals surface area contributed by atoms with E-state index < -0.39 is 17.8 Å². The number of nitrogens with one attached hydrogen (secondary N) is 1. The topological polar surface area (TPSA) is 69.2 Å². The molecule has 2 bridgehead atoms. The van der Waals surface area contributed by atoms with Crippen molar-refractivity contribution >= 4 is 40.2 Å². The van der Waals surface area contributed by atoms with Gasteiger partial charge in [-0.3, -0.25) is 4.79 Å². The Morgan fingerprint density at radius 1 is 1.09 bits per heavy atom. The van der Waals surface area contributed by atoms with E-state index in [0.717, 1.165) is 16.4 Å². The normalized spacial score (nSPS) is 33.1. The van der Waals surface area contributed by atoms with E-state index in [1.807, 2.05) is 30.3 Å². The molecule has 1 aromatic carbocycles. The van der Waals surface area contributed by atoms with Crippen LogP contribution in [0.5, 0.6) is 0 Å². The number of carbonyl (C=O) groups excluding carboxylic acids is 2. The van der Waals surface area contributed by atoms with Crippen LogP contribution >= 0.6 is 22.6 Å². The minimum Gasteiger partial charge on any atom is -0.550 e. The van der Waals surface area contributed by atoms with Crippen molar-refractivity contribution in [3.63, 3.8) is 0 Å². The largest absolute Gasteiger partial charge is 0.550 e. The lowest BCUT2D eigenvalue weighted by Gasteiger charge is -2.27. The molecule has 114 valence electrons. The Morgan fingerprint density at radius 2 is 1.68 bits per heavy atom. The van der Waals surface area contributed by atoms with Crippen molar-refractivity contribution < 1.29 is 14.7 Å². The molecule has 0 aliphatic heterocycles. The monoisotopic (exact) mass is 408 g/mol. The second kappa shape index (κ2) is 4.81. The summed E-state index contributed by atoms with van der Waals surface area (Å²) in [6.07, 6.45) is 6.08. The molecule has 22 heavy (non-hydrogen) atoms. The van der Waals surface area contributed by atoms with Gasteiger partial charge in [-0.15, -0.1) is 0 Å². The van der Waals surface area contributed by atoms with Crippen molar-refractivity contribution in [2.75, 3.05) is 5.32 Å². The third-order valence-corrected chi connectivity index (χ3v) is 6.25. The number of amides is 1. The van der Waals surface area contributed by atoms with E-state index in [0.29, 0.717) is 5.69 Å². The zero-order chi connectivity index (χ0) is 15.5. The lowest BCUT2D eigenvalue weighted by atomic mass is 9.82. The number of carboxylic acids is 1. The van der Waals surface area contributed by atoms with Gasteiger partial charge in [0.15, 0.2) is 0 Å². The smallest absolute Gasteiger partial charge is 0.228 e. The third-order valence-electron chi connectivity index (χ3n) is 5.53. The Kier molecular flexibility index (Phi) is 3.11. The number of benzene rings is 1. The minimum atomic E-state index is -1.09. The molecule has 1 amide bonds. The highest BCUT2D eigenvalue weighted by Gasteiger charge is 2.68. The van der Waals surface area contributed by atoms with Crippen molar-refractivity contribution in [3.8, 4) is 0 Å². The second-order valence-electron chi connectivity index (χ2n) is 6.54. The molecule has 2 saturated carbocycles. The molecule has 0 heterocycles. The van der Waals surface area contributed by atoms with Crippen molar-refractivity contribution in [3.05, 3.63) is 40.0 Å². The van der Waals surface area contributed by atoms with E-state index in [-0.39, 0.29) is 23.2 Å². The van der Waals surface area contributed by atoms with E-state index in [2.05, 4.69) is 34.0 Å². The van der Waals surface area contributed by atoms with Crippen LogP contribution in [0.3, 0.4) is 0 Å². The van der Waals surface area contributed by atoms with Crippen LogP contribution in [-0.4, -0.2) is 11.9 Å². The molecule has 3 aliphatic carbocycles. The van der Waals surface area contributed by atoms with Crippen LogP contribution in [0.15, 0.2) is 36.4 Å². The predicted octanol–water partition coefficient (Wildman–Crippen LogP) is 1.81. The molecule has 0 radical (unpaired) electrons. The zero-order valence-electron chi connectivity index (χ0n) is 11.8. The van der Waals surface area contributed by atoms with E-state index in [1.165, 1.54) is 0 Å². The summed E-state index contributed by atoms with van der Waals surface area (Å²) in [6.45, 7) is 0. The van der Waals surface area contributed by atoms with Gasteiger partial charge in [0.05, 0.1) is 5.92 Å². The average molecular weight is 408 g/mol. The van der Waals surface area contributed by atoms with Crippen LogP contribution < -0.4 is 10.4 Å². The van der Waals surface area contributed by atoms with Gasteiger partial charge < -0.3 is 15.2 Å². The highest BCUT2D eigenvalue weighted by molar-refractivity contribution is 14.1. The molecule has 3 aliphatic rings. The molecule has 4 rings (SSSR count). The summed E-state index contributed by atoms with van der Waals surface area (Å²) in [6, 6.07) is 7.50. The van der Waals surface area contributed by atoms with E-state index in [1.54, 1.807) is 0 Å². The molecule has 4 nitrogen and oxygen atoms in total. The summed E-state index contributed by atoms with van der Waals surface area (Å²) in [4.78, 5) is 24.3. The van der Waals surface area contributed by atoms with Gasteiger partial charge in [0.1, 0.15) is 0 Å². The van der Waals surface area contributed by atoms with E-state index in [9.17, 15) is 14.7 Å². The standard InChI is InChI=1S/C17H16INO3/c18-9-1-3-10(4-2-9)19-15(20)13-11-5-6-12(14(13)16(21)22)17(11)7-8-17/h1-6,11-14H,7-8H2,(H,19,20)(H,21,22)/p-1/t11-,12+,13-,14+/m1/s1. The highest BCUT2D eigenvalue weighted by Crippen LogP contribution is 2.71. The Morgan fingerprint density at radius 3 is 2.23 bits per heavy atom. The summed E-state index contributed by atoms with van der Waals surface area (Å²) >= 11 is 2.20. The van der Waals surface area contributed by atoms with E-state index in [4.69, 9.17) is 0 Å². The first-order valence-electron chi connectivity index (χ1n) is 7.48. The Bertz CT molecular complexity index is 678. The molecule has 0 saturated heterocycles. The zero-order valence-corrected chi connectivity index (χ0v) is 13.9. The fraction of sp³-hybridized carbons (Fsp3) is 0.412. The Balaban J connectivity index is 1.60. The fourth-order valence-corrected chi connectivity index (χ4v) is 4.80. The quantitative estimate of drug-likeness (QED) is 0.613. The molecule has 0 aromatic heterocycles. The van der Waals surface area contributed by atoms with Crippen LogP contribution in [0.25, 0.3) is 0 Å². The molecule has 1 N–H and O–H groups in total. The first-order valence-corrected chi connectivity index (χ1v) is 8.56. The maximum absolute atomic E-state index is 12.7. The summed E-state index contributed by atoms with van der Waals surface area (Å²) in [7, 11) is 0. The molecule has 4 atom stereocenters. The Hall–Kier alpha value is -1.37. The summed E-state index contributed by atoms with van der Waals surface area (Å²) in [5.74, 6) is -2.48.